The molecule has 0 aliphatic heterocycles. The van der Waals surface area contributed by atoms with E-state index in [1.807, 2.05) is 6.92 Å². The number of nitrogens with one attached hydrogen (secondary N) is 2. The molecule has 1 unspecified atom stereocenters. The van der Waals surface area contributed by atoms with Gasteiger partial charge in [-0.3, -0.25) is 0 Å². The van der Waals surface area contributed by atoms with Crippen LogP contribution in [0.5, 0.6) is 0 Å². The Bertz CT molecular complexity index is 730. The highest BCUT2D eigenvalue weighted by Crippen LogP contribution is 2.21. The summed E-state index contributed by atoms with van der Waals surface area (Å²) in [5.41, 5.74) is 10.2. The summed E-state index contributed by atoms with van der Waals surface area (Å²) < 4.78 is 0. The van der Waals surface area contributed by atoms with Gasteiger partial charge in [-0.05, 0) is 42.5 Å². The van der Waals surface area contributed by atoms with E-state index < -0.39 is 0 Å². The van der Waals surface area contributed by atoms with Crippen LogP contribution in [0.1, 0.15) is 37.8 Å². The summed E-state index contributed by atoms with van der Waals surface area (Å²) in [6.45, 7) is 12.0. The molecule has 0 fully saturated rings. The maximum Gasteiger partial charge on any atom is 0.222 e. The van der Waals surface area contributed by atoms with Gasteiger partial charge in [0.15, 0.2) is 5.82 Å². The van der Waals surface area contributed by atoms with Crippen LogP contribution in [0.4, 0.5) is 17.5 Å². The van der Waals surface area contributed by atoms with Crippen LogP contribution in [0.15, 0.2) is 31.0 Å². The van der Waals surface area contributed by atoms with Crippen LogP contribution >= 0.6 is 8.58 Å². The van der Waals surface area contributed by atoms with Gasteiger partial charge in [-0.25, -0.2) is 4.98 Å². The van der Waals surface area contributed by atoms with Gasteiger partial charge in [0.25, 0.3) is 0 Å². The maximum atomic E-state index is 5.73. The molecule has 1 heterocycles. The molecule has 1 aromatic carbocycles. The van der Waals surface area contributed by atoms with Crippen molar-refractivity contribution in [3.8, 4) is 0 Å². The Labute approximate surface area is 152 Å². The molecule has 0 aliphatic carbocycles. The number of unbranched alkanes of at least 4 members (excludes halogenated alkanes) is 1. The van der Waals surface area contributed by atoms with Crippen LogP contribution in [0.2, 0.25) is 0 Å². The maximum absolute atomic E-state index is 5.73. The summed E-state index contributed by atoms with van der Waals surface area (Å²) in [6.07, 6.45) is 3.96. The van der Waals surface area contributed by atoms with Gasteiger partial charge in [0.1, 0.15) is 0 Å². The summed E-state index contributed by atoms with van der Waals surface area (Å²) in [5.74, 6) is 1.05. The van der Waals surface area contributed by atoms with Crippen molar-refractivity contribution < 1.29 is 0 Å². The Hall–Kier alpha value is -2.13. The quantitative estimate of drug-likeness (QED) is 0.469. The SMILES string of the molecule is C=C(C)c1ccc(CNc2cnc(N)nc2NCCCC)c(PC)c1. The fraction of sp³-hybridized carbons (Fsp3) is 0.368. The van der Waals surface area contributed by atoms with Gasteiger partial charge in [0.05, 0.1) is 11.9 Å². The third-order valence-corrected chi connectivity index (χ3v) is 4.98. The molecule has 0 bridgehead atoms. The van der Waals surface area contributed by atoms with Crippen molar-refractivity contribution in [2.24, 2.45) is 0 Å². The first-order valence-corrected chi connectivity index (χ1v) is 10.1. The predicted octanol–water partition coefficient (Wildman–Crippen LogP) is 3.85. The number of nitrogens with two attached hydrogens (primary N) is 1. The number of nitrogens with zero attached hydrogens (tertiary/aromatic N) is 2. The standard InChI is InChI=1S/C19H28N5P/c1-5-6-9-21-18-16(12-23-19(20)24-18)22-11-15-8-7-14(13(2)3)10-17(15)25-4/h7-8,10,12,22,25H,2,5-6,9,11H2,1,3-4H3,(H3,20,21,23,24). The second-order valence-electron chi connectivity index (χ2n) is 6.03. The largest absolute Gasteiger partial charge is 0.377 e. The number of hydrogen-bond acceptors (Lipinski definition) is 5. The summed E-state index contributed by atoms with van der Waals surface area (Å²) in [4.78, 5) is 8.43. The number of rotatable bonds is 9. The van der Waals surface area contributed by atoms with Crippen LogP contribution in [-0.4, -0.2) is 23.2 Å². The third-order valence-electron chi connectivity index (χ3n) is 3.97. The number of benzene rings is 1. The zero-order valence-electron chi connectivity index (χ0n) is 15.3. The first-order chi connectivity index (χ1) is 12.0. The van der Waals surface area contributed by atoms with E-state index in [2.05, 4.69) is 59.0 Å². The highest BCUT2D eigenvalue weighted by Gasteiger charge is 2.08. The van der Waals surface area contributed by atoms with Crippen molar-refractivity contribution in [3.63, 3.8) is 0 Å². The molecule has 2 rings (SSSR count). The van der Waals surface area contributed by atoms with Crippen LogP contribution in [0, 0.1) is 0 Å². The average molecular weight is 357 g/mol. The Balaban J connectivity index is 2.14. The lowest BCUT2D eigenvalue weighted by Crippen LogP contribution is -2.13. The summed E-state index contributed by atoms with van der Waals surface area (Å²) >= 11 is 0. The van der Waals surface area contributed by atoms with E-state index in [1.165, 1.54) is 16.4 Å². The highest BCUT2D eigenvalue weighted by molar-refractivity contribution is 7.46. The van der Waals surface area contributed by atoms with Crippen molar-refractivity contribution >= 4 is 36.9 Å². The van der Waals surface area contributed by atoms with E-state index in [0.717, 1.165) is 51.6 Å². The van der Waals surface area contributed by atoms with Crippen molar-refractivity contribution in [3.05, 3.63) is 42.1 Å². The van der Waals surface area contributed by atoms with Crippen LogP contribution < -0.4 is 21.7 Å². The lowest BCUT2D eigenvalue weighted by atomic mass is 10.1. The van der Waals surface area contributed by atoms with Crippen LogP contribution in [0.3, 0.4) is 0 Å². The van der Waals surface area contributed by atoms with Gasteiger partial charge in [0.2, 0.25) is 5.95 Å². The van der Waals surface area contributed by atoms with Gasteiger partial charge >= 0.3 is 0 Å². The molecule has 1 atom stereocenters. The first-order valence-electron chi connectivity index (χ1n) is 8.62. The fourth-order valence-electron chi connectivity index (χ4n) is 2.46. The Morgan fingerprint density at radius 3 is 2.80 bits per heavy atom. The lowest BCUT2D eigenvalue weighted by molar-refractivity contribution is 0.830. The number of aromatic nitrogens is 2. The Morgan fingerprint density at radius 1 is 1.32 bits per heavy atom. The second kappa shape index (κ2) is 9.38. The van der Waals surface area contributed by atoms with E-state index in [4.69, 9.17) is 5.73 Å². The zero-order valence-corrected chi connectivity index (χ0v) is 16.3. The molecule has 2 aromatic rings. The van der Waals surface area contributed by atoms with Crippen LogP contribution in [0.25, 0.3) is 5.57 Å². The molecule has 0 saturated carbocycles. The summed E-state index contributed by atoms with van der Waals surface area (Å²) in [6, 6.07) is 6.53. The molecular weight excluding hydrogens is 329 g/mol. The number of nitrogen functional groups attached to an aromatic ring is 1. The normalized spacial score (nSPS) is 11.0. The first kappa shape index (κ1) is 19.2. The fourth-order valence-corrected chi connectivity index (χ4v) is 3.26. The number of allylic oxidation sites excluding steroid dienone is 1. The van der Waals surface area contributed by atoms with Gasteiger partial charge in [-0.2, -0.15) is 4.98 Å². The lowest BCUT2D eigenvalue weighted by Gasteiger charge is -2.15. The molecule has 4 N–H and O–H groups in total. The Morgan fingerprint density at radius 2 is 2.12 bits per heavy atom. The minimum Gasteiger partial charge on any atom is -0.377 e. The average Bonchev–Trinajstić information content (AvgIpc) is 2.61. The molecule has 6 heteroatoms. The third kappa shape index (κ3) is 5.43. The molecule has 0 radical (unpaired) electrons. The topological polar surface area (TPSA) is 75.9 Å². The van der Waals surface area contributed by atoms with Crippen molar-refractivity contribution in [1.82, 2.24) is 9.97 Å². The number of hydrogen-bond donors (Lipinski definition) is 3. The molecule has 0 amide bonds. The molecule has 1 aromatic heterocycles. The predicted molar refractivity (Wildman–Crippen MR) is 112 cm³/mol. The minimum absolute atomic E-state index is 0.283. The molecule has 0 aliphatic rings. The van der Waals surface area contributed by atoms with Crippen molar-refractivity contribution in [2.75, 3.05) is 29.6 Å². The molecule has 0 spiro atoms. The van der Waals surface area contributed by atoms with Crippen molar-refractivity contribution in [2.45, 2.75) is 33.2 Å². The van der Waals surface area contributed by atoms with Crippen LogP contribution in [-0.2, 0) is 6.54 Å². The molecular formula is C19H28N5P. The van der Waals surface area contributed by atoms with Gasteiger partial charge < -0.3 is 16.4 Å². The van der Waals surface area contributed by atoms with E-state index in [9.17, 15) is 0 Å². The second-order valence-corrected chi connectivity index (χ2v) is 7.07. The van der Waals surface area contributed by atoms with Gasteiger partial charge in [-0.15, -0.1) is 0 Å². The van der Waals surface area contributed by atoms with E-state index in [-0.39, 0.29) is 5.95 Å². The molecule has 0 saturated heterocycles. The number of anilines is 3. The monoisotopic (exact) mass is 357 g/mol. The molecule has 5 nitrogen and oxygen atoms in total. The van der Waals surface area contributed by atoms with Gasteiger partial charge in [-0.1, -0.05) is 46.2 Å². The smallest absolute Gasteiger partial charge is 0.222 e. The summed E-state index contributed by atoms with van der Waals surface area (Å²) in [5, 5.41) is 8.14. The van der Waals surface area contributed by atoms with E-state index in [0.29, 0.717) is 0 Å². The van der Waals surface area contributed by atoms with Crippen molar-refractivity contribution in [1.29, 1.82) is 0 Å². The van der Waals surface area contributed by atoms with E-state index >= 15 is 0 Å². The highest BCUT2D eigenvalue weighted by atomic mass is 31.1. The van der Waals surface area contributed by atoms with Gasteiger partial charge in [0, 0.05) is 13.1 Å². The molecule has 25 heavy (non-hydrogen) atoms. The van der Waals surface area contributed by atoms with E-state index in [1.54, 1.807) is 6.20 Å². The molecule has 134 valence electrons. The zero-order chi connectivity index (χ0) is 18.2. The summed E-state index contributed by atoms with van der Waals surface area (Å²) in [7, 11) is 0.733. The minimum atomic E-state index is 0.283. The Kier molecular flexibility index (Phi) is 7.20.